The number of aliphatic hydroxyl groups is 1. The third-order valence-corrected chi connectivity index (χ3v) is 4.05. The van der Waals surface area contributed by atoms with E-state index in [9.17, 15) is 13.6 Å². The molecule has 2 rings (SSSR count). The Hall–Kier alpha value is -1.57. The van der Waals surface area contributed by atoms with E-state index in [1.54, 1.807) is 6.92 Å². The zero-order valence-electron chi connectivity index (χ0n) is 13.3. The Morgan fingerprint density at radius 1 is 1.26 bits per heavy atom. The van der Waals surface area contributed by atoms with Crippen molar-refractivity contribution in [3.8, 4) is 0 Å². The molecule has 1 fully saturated rings. The fraction of sp³-hybridized carbons (Fsp3) is 0.562. The number of carbonyl (C=O) groups excluding carboxylic acids is 1. The topological polar surface area (TPSA) is 55.8 Å². The van der Waals surface area contributed by atoms with Gasteiger partial charge in [0, 0.05) is 44.4 Å². The summed E-state index contributed by atoms with van der Waals surface area (Å²) < 4.78 is 26.6. The van der Waals surface area contributed by atoms with Crippen molar-refractivity contribution < 1.29 is 18.7 Å². The van der Waals surface area contributed by atoms with Crippen molar-refractivity contribution in [2.24, 2.45) is 0 Å². The zero-order chi connectivity index (χ0) is 16.8. The molecule has 0 radical (unpaired) electrons. The molecule has 0 saturated carbocycles. The maximum Gasteiger partial charge on any atom is 0.234 e. The molecule has 0 bridgehead atoms. The van der Waals surface area contributed by atoms with Crippen LogP contribution in [0.1, 0.15) is 18.5 Å². The van der Waals surface area contributed by atoms with Gasteiger partial charge in [0.25, 0.3) is 0 Å². The van der Waals surface area contributed by atoms with Crippen LogP contribution in [0, 0.1) is 11.6 Å². The molecule has 0 aromatic heterocycles. The fourth-order valence-corrected chi connectivity index (χ4v) is 2.73. The number of halogens is 2. The van der Waals surface area contributed by atoms with E-state index in [2.05, 4.69) is 10.2 Å². The molecule has 0 aliphatic carbocycles. The van der Waals surface area contributed by atoms with Crippen molar-refractivity contribution in [1.29, 1.82) is 0 Å². The van der Waals surface area contributed by atoms with Gasteiger partial charge in [-0.15, -0.1) is 0 Å². The minimum atomic E-state index is -0.657. The van der Waals surface area contributed by atoms with E-state index in [-0.39, 0.29) is 24.6 Å². The van der Waals surface area contributed by atoms with E-state index in [0.717, 1.165) is 32.2 Å². The minimum absolute atomic E-state index is 0.140. The summed E-state index contributed by atoms with van der Waals surface area (Å²) in [4.78, 5) is 16.2. The second-order valence-corrected chi connectivity index (χ2v) is 5.80. The number of carbonyl (C=O) groups is 1. The number of β-amino-alcohol motifs (C(OH)–C–C–N with tert-alkyl or cyclic N) is 1. The molecule has 5 nitrogen and oxygen atoms in total. The van der Waals surface area contributed by atoms with E-state index in [1.165, 1.54) is 12.1 Å². The smallest absolute Gasteiger partial charge is 0.234 e. The highest BCUT2D eigenvalue weighted by Crippen LogP contribution is 2.17. The van der Waals surface area contributed by atoms with Gasteiger partial charge in [-0.25, -0.2) is 8.78 Å². The van der Waals surface area contributed by atoms with Gasteiger partial charge in [-0.3, -0.25) is 14.6 Å². The Morgan fingerprint density at radius 3 is 2.52 bits per heavy atom. The first-order valence-corrected chi connectivity index (χ1v) is 7.79. The second-order valence-electron chi connectivity index (χ2n) is 5.80. The average molecular weight is 327 g/mol. The average Bonchev–Trinajstić information content (AvgIpc) is 2.49. The van der Waals surface area contributed by atoms with Crippen LogP contribution in [0.25, 0.3) is 0 Å². The number of hydrogen-bond donors (Lipinski definition) is 2. The van der Waals surface area contributed by atoms with Crippen molar-refractivity contribution in [2.75, 3.05) is 45.9 Å². The number of hydrogen-bond acceptors (Lipinski definition) is 4. The lowest BCUT2D eigenvalue weighted by Crippen LogP contribution is -2.50. The Morgan fingerprint density at radius 2 is 1.91 bits per heavy atom. The summed E-state index contributed by atoms with van der Waals surface area (Å²) in [5, 5.41) is 11.6. The van der Waals surface area contributed by atoms with Gasteiger partial charge in [-0.2, -0.15) is 0 Å². The summed E-state index contributed by atoms with van der Waals surface area (Å²) in [6, 6.07) is 2.84. The van der Waals surface area contributed by atoms with E-state index >= 15 is 0 Å². The number of piperazine rings is 1. The molecule has 1 aliphatic heterocycles. The van der Waals surface area contributed by atoms with Crippen LogP contribution in [0.3, 0.4) is 0 Å². The van der Waals surface area contributed by atoms with E-state index < -0.39 is 17.7 Å². The predicted octanol–water partition coefficient (Wildman–Crippen LogP) is 0.752. The van der Waals surface area contributed by atoms with Gasteiger partial charge in [0.15, 0.2) is 0 Å². The van der Waals surface area contributed by atoms with Gasteiger partial charge in [0.1, 0.15) is 11.6 Å². The highest BCUT2D eigenvalue weighted by molar-refractivity contribution is 5.78. The molecule has 1 aromatic carbocycles. The number of amides is 1. The number of aliphatic hydroxyl groups excluding tert-OH is 1. The minimum Gasteiger partial charge on any atom is -0.395 e. The highest BCUT2D eigenvalue weighted by atomic mass is 19.1. The van der Waals surface area contributed by atoms with Crippen LogP contribution < -0.4 is 5.32 Å². The first-order chi connectivity index (χ1) is 11.0. The van der Waals surface area contributed by atoms with Gasteiger partial charge in [-0.05, 0) is 13.0 Å². The number of rotatable bonds is 6. The van der Waals surface area contributed by atoms with Crippen LogP contribution in [0.15, 0.2) is 18.2 Å². The summed E-state index contributed by atoms with van der Waals surface area (Å²) in [5.74, 6) is -1.47. The monoisotopic (exact) mass is 327 g/mol. The molecule has 2 N–H and O–H groups in total. The molecule has 128 valence electrons. The first kappa shape index (κ1) is 17.8. The van der Waals surface area contributed by atoms with Crippen molar-refractivity contribution in [3.05, 3.63) is 35.4 Å². The summed E-state index contributed by atoms with van der Waals surface area (Å²) in [5.41, 5.74) is 0.271. The maximum absolute atomic E-state index is 13.7. The van der Waals surface area contributed by atoms with E-state index in [0.29, 0.717) is 6.54 Å². The number of nitrogens with one attached hydrogen (secondary N) is 1. The summed E-state index contributed by atoms with van der Waals surface area (Å²) >= 11 is 0. The summed E-state index contributed by atoms with van der Waals surface area (Å²) in [6.07, 6.45) is 0. The molecule has 1 saturated heterocycles. The number of benzene rings is 1. The van der Waals surface area contributed by atoms with Crippen LogP contribution in [-0.2, 0) is 4.79 Å². The molecule has 0 unspecified atom stereocenters. The standard InChI is InChI=1S/C16H23F2N3O2/c1-12(14-3-2-13(17)10-15(14)18)19-16(23)11-21-6-4-20(5-7-21)8-9-22/h2-3,10,12,22H,4-9,11H2,1H3,(H,19,23)/t12-/m0/s1. The molecule has 1 atom stereocenters. The third-order valence-electron chi connectivity index (χ3n) is 4.05. The molecular formula is C16H23F2N3O2. The van der Waals surface area contributed by atoms with Crippen molar-refractivity contribution in [1.82, 2.24) is 15.1 Å². The van der Waals surface area contributed by atoms with Gasteiger partial charge in [-0.1, -0.05) is 6.07 Å². The van der Waals surface area contributed by atoms with Crippen LogP contribution in [0.5, 0.6) is 0 Å². The van der Waals surface area contributed by atoms with E-state index in [4.69, 9.17) is 5.11 Å². The Kier molecular flexibility index (Phi) is 6.44. The quantitative estimate of drug-likeness (QED) is 0.810. The molecule has 0 spiro atoms. The Balaban J connectivity index is 1.80. The number of nitrogens with zero attached hydrogens (tertiary/aromatic N) is 2. The summed E-state index contributed by atoms with van der Waals surface area (Å²) in [6.45, 7) is 5.86. The predicted molar refractivity (Wildman–Crippen MR) is 82.9 cm³/mol. The molecule has 1 aromatic rings. The second kappa shape index (κ2) is 8.33. The normalized spacial score (nSPS) is 17.9. The third kappa shape index (κ3) is 5.23. The Bertz CT molecular complexity index is 534. The summed E-state index contributed by atoms with van der Waals surface area (Å²) in [7, 11) is 0. The van der Waals surface area contributed by atoms with Crippen LogP contribution >= 0.6 is 0 Å². The van der Waals surface area contributed by atoms with Crippen LogP contribution in [0.2, 0.25) is 0 Å². The first-order valence-electron chi connectivity index (χ1n) is 7.79. The molecule has 7 heteroatoms. The molecular weight excluding hydrogens is 304 g/mol. The molecule has 1 amide bonds. The van der Waals surface area contributed by atoms with E-state index in [1.807, 2.05) is 4.90 Å². The van der Waals surface area contributed by atoms with Crippen LogP contribution in [-0.4, -0.2) is 66.7 Å². The lowest BCUT2D eigenvalue weighted by molar-refractivity contribution is -0.123. The van der Waals surface area contributed by atoms with Gasteiger partial charge < -0.3 is 10.4 Å². The maximum atomic E-state index is 13.7. The molecule has 23 heavy (non-hydrogen) atoms. The van der Waals surface area contributed by atoms with Gasteiger partial charge in [0.05, 0.1) is 19.2 Å². The largest absolute Gasteiger partial charge is 0.395 e. The van der Waals surface area contributed by atoms with Crippen molar-refractivity contribution in [3.63, 3.8) is 0 Å². The zero-order valence-corrected chi connectivity index (χ0v) is 13.3. The van der Waals surface area contributed by atoms with Crippen molar-refractivity contribution in [2.45, 2.75) is 13.0 Å². The SMILES string of the molecule is C[C@H](NC(=O)CN1CCN(CCO)CC1)c1ccc(F)cc1F. The van der Waals surface area contributed by atoms with Crippen LogP contribution in [0.4, 0.5) is 8.78 Å². The van der Waals surface area contributed by atoms with Gasteiger partial charge in [0.2, 0.25) is 5.91 Å². The van der Waals surface area contributed by atoms with Gasteiger partial charge >= 0.3 is 0 Å². The Labute approximate surface area is 134 Å². The highest BCUT2D eigenvalue weighted by Gasteiger charge is 2.20. The molecule has 1 aliphatic rings. The molecule has 1 heterocycles. The lowest BCUT2D eigenvalue weighted by atomic mass is 10.1. The fourth-order valence-electron chi connectivity index (χ4n) is 2.73. The van der Waals surface area contributed by atoms with Crippen molar-refractivity contribution >= 4 is 5.91 Å². The lowest BCUT2D eigenvalue weighted by Gasteiger charge is -2.34.